The maximum absolute atomic E-state index is 11.9. The molecule has 0 saturated carbocycles. The highest BCUT2D eigenvalue weighted by atomic mass is 79.9. The van der Waals surface area contributed by atoms with Gasteiger partial charge in [0.05, 0.1) is 0 Å². The minimum absolute atomic E-state index is 0.0258. The third kappa shape index (κ3) is 2.79. The molecule has 0 unspecified atom stereocenters. The van der Waals surface area contributed by atoms with E-state index in [2.05, 4.69) is 15.9 Å². The number of nitrogens with zero attached hydrogens (tertiary/aromatic N) is 2. The minimum atomic E-state index is -0.0581. The van der Waals surface area contributed by atoms with E-state index in [1.807, 2.05) is 0 Å². The highest BCUT2D eigenvalue weighted by molar-refractivity contribution is 9.10. The van der Waals surface area contributed by atoms with Crippen molar-refractivity contribution in [1.29, 1.82) is 0 Å². The topological polar surface area (TPSA) is 44.0 Å². The first-order chi connectivity index (χ1) is 8.58. The van der Waals surface area contributed by atoms with Crippen molar-refractivity contribution in [3.63, 3.8) is 0 Å². The summed E-state index contributed by atoms with van der Waals surface area (Å²) in [4.78, 5) is 23.4. The molecule has 0 spiro atoms. The van der Waals surface area contributed by atoms with Gasteiger partial charge in [0.2, 0.25) is 0 Å². The molecule has 2 aromatic heterocycles. The van der Waals surface area contributed by atoms with E-state index in [0.717, 1.165) is 4.47 Å². The van der Waals surface area contributed by atoms with Gasteiger partial charge in [-0.15, -0.1) is 0 Å². The molecule has 0 saturated heterocycles. The number of hydrogen-bond donors (Lipinski definition) is 0. The minimum Gasteiger partial charge on any atom is -0.314 e. The summed E-state index contributed by atoms with van der Waals surface area (Å²) in [6.07, 6.45) is 3.46. The summed E-state index contributed by atoms with van der Waals surface area (Å²) in [6, 6.07) is 6.80. The Morgan fingerprint density at radius 1 is 1.17 bits per heavy atom. The number of pyridine rings is 2. The van der Waals surface area contributed by atoms with Crippen molar-refractivity contribution in [1.82, 2.24) is 9.13 Å². The summed E-state index contributed by atoms with van der Waals surface area (Å²) < 4.78 is 4.06. The van der Waals surface area contributed by atoms with Gasteiger partial charge >= 0.3 is 0 Å². The Kier molecular flexibility index (Phi) is 3.81. The van der Waals surface area contributed by atoms with Crippen LogP contribution in [0, 0.1) is 6.92 Å². The summed E-state index contributed by atoms with van der Waals surface area (Å²) >= 11 is 3.36. The Labute approximate surface area is 113 Å². The fourth-order valence-electron chi connectivity index (χ4n) is 1.77. The van der Waals surface area contributed by atoms with Crippen LogP contribution in [0.3, 0.4) is 0 Å². The molecule has 0 aliphatic carbocycles. The Balaban J connectivity index is 2.24. The zero-order chi connectivity index (χ0) is 13.1. The second-order valence-corrected chi connectivity index (χ2v) is 4.99. The van der Waals surface area contributed by atoms with Gasteiger partial charge in [-0.25, -0.2) is 0 Å². The standard InChI is InChI=1S/C13H13BrN2O2/c1-10-8-11(14)9-16(13(10)18)7-6-15-5-3-2-4-12(15)17/h2-5,8-9H,6-7H2,1H3. The van der Waals surface area contributed by atoms with Crippen LogP contribution in [0.5, 0.6) is 0 Å². The largest absolute Gasteiger partial charge is 0.314 e. The number of rotatable bonds is 3. The van der Waals surface area contributed by atoms with Crippen molar-refractivity contribution in [3.8, 4) is 0 Å². The molecule has 0 aliphatic rings. The first-order valence-corrected chi connectivity index (χ1v) is 6.39. The monoisotopic (exact) mass is 308 g/mol. The van der Waals surface area contributed by atoms with Gasteiger partial charge in [-0.3, -0.25) is 9.59 Å². The van der Waals surface area contributed by atoms with Crippen molar-refractivity contribution >= 4 is 15.9 Å². The molecule has 0 N–H and O–H groups in total. The molecule has 94 valence electrons. The molecule has 0 aromatic carbocycles. The van der Waals surface area contributed by atoms with E-state index < -0.39 is 0 Å². The van der Waals surface area contributed by atoms with Gasteiger partial charge in [-0.1, -0.05) is 6.07 Å². The molecule has 4 nitrogen and oxygen atoms in total. The second kappa shape index (κ2) is 5.35. The smallest absolute Gasteiger partial charge is 0.253 e. The third-order valence-corrected chi connectivity index (χ3v) is 3.15. The molecule has 2 aromatic rings. The summed E-state index contributed by atoms with van der Waals surface area (Å²) in [5, 5.41) is 0. The molecular weight excluding hydrogens is 296 g/mol. The van der Waals surface area contributed by atoms with Crippen LogP contribution in [-0.2, 0) is 13.1 Å². The Bertz CT molecular complexity index is 673. The van der Waals surface area contributed by atoms with Crippen LogP contribution in [0.2, 0.25) is 0 Å². The number of hydrogen-bond acceptors (Lipinski definition) is 2. The Morgan fingerprint density at radius 2 is 1.89 bits per heavy atom. The molecule has 0 aliphatic heterocycles. The molecule has 18 heavy (non-hydrogen) atoms. The fourth-order valence-corrected chi connectivity index (χ4v) is 2.36. The van der Waals surface area contributed by atoms with Crippen molar-refractivity contribution in [3.05, 3.63) is 67.4 Å². The lowest BCUT2D eigenvalue weighted by molar-refractivity contribution is 0.550. The predicted octanol–water partition coefficient (Wildman–Crippen LogP) is 1.78. The van der Waals surface area contributed by atoms with E-state index in [1.54, 1.807) is 46.7 Å². The molecule has 0 atom stereocenters. The molecule has 2 heterocycles. The summed E-state index contributed by atoms with van der Waals surface area (Å²) in [6.45, 7) is 2.73. The van der Waals surface area contributed by atoms with E-state index in [1.165, 1.54) is 6.07 Å². The van der Waals surface area contributed by atoms with Crippen LogP contribution in [0.1, 0.15) is 5.56 Å². The summed E-state index contributed by atoms with van der Waals surface area (Å²) in [5.74, 6) is 0. The number of aromatic nitrogens is 2. The van der Waals surface area contributed by atoms with Crippen LogP contribution in [0.4, 0.5) is 0 Å². The van der Waals surface area contributed by atoms with Crippen molar-refractivity contribution < 1.29 is 0 Å². The van der Waals surface area contributed by atoms with Gasteiger partial charge in [0.1, 0.15) is 0 Å². The van der Waals surface area contributed by atoms with E-state index in [0.29, 0.717) is 18.7 Å². The zero-order valence-corrected chi connectivity index (χ0v) is 11.6. The lowest BCUT2D eigenvalue weighted by Crippen LogP contribution is -2.26. The van der Waals surface area contributed by atoms with Crippen molar-refractivity contribution in [2.24, 2.45) is 0 Å². The van der Waals surface area contributed by atoms with Crippen LogP contribution in [-0.4, -0.2) is 9.13 Å². The van der Waals surface area contributed by atoms with Crippen LogP contribution in [0.15, 0.2) is 50.7 Å². The number of aryl methyl sites for hydroxylation is 3. The maximum atomic E-state index is 11.9. The molecule has 0 bridgehead atoms. The number of halogens is 1. The molecule has 0 radical (unpaired) electrons. The lowest BCUT2D eigenvalue weighted by Gasteiger charge is -2.09. The van der Waals surface area contributed by atoms with Gasteiger partial charge in [0, 0.05) is 41.6 Å². The predicted molar refractivity (Wildman–Crippen MR) is 73.8 cm³/mol. The molecule has 5 heteroatoms. The fraction of sp³-hybridized carbons (Fsp3) is 0.231. The lowest BCUT2D eigenvalue weighted by atomic mass is 10.3. The van der Waals surface area contributed by atoms with Crippen LogP contribution >= 0.6 is 15.9 Å². The average molecular weight is 309 g/mol. The van der Waals surface area contributed by atoms with Gasteiger partial charge in [-0.2, -0.15) is 0 Å². The van der Waals surface area contributed by atoms with Crippen molar-refractivity contribution in [2.75, 3.05) is 0 Å². The normalized spacial score (nSPS) is 10.6. The summed E-state index contributed by atoms with van der Waals surface area (Å²) in [5.41, 5.74) is 0.601. The molecule has 0 fully saturated rings. The maximum Gasteiger partial charge on any atom is 0.253 e. The quantitative estimate of drug-likeness (QED) is 0.867. The zero-order valence-electron chi connectivity index (χ0n) is 9.97. The van der Waals surface area contributed by atoms with Gasteiger partial charge < -0.3 is 9.13 Å². The average Bonchev–Trinajstić information content (AvgIpc) is 2.33. The first-order valence-electron chi connectivity index (χ1n) is 5.60. The summed E-state index contributed by atoms with van der Waals surface area (Å²) in [7, 11) is 0. The van der Waals surface area contributed by atoms with Crippen molar-refractivity contribution in [2.45, 2.75) is 20.0 Å². The first kappa shape index (κ1) is 12.8. The van der Waals surface area contributed by atoms with E-state index >= 15 is 0 Å². The van der Waals surface area contributed by atoms with Gasteiger partial charge in [-0.05, 0) is 35.0 Å². The third-order valence-electron chi connectivity index (χ3n) is 2.71. The van der Waals surface area contributed by atoms with Crippen LogP contribution in [0.25, 0.3) is 0 Å². The van der Waals surface area contributed by atoms with E-state index in [9.17, 15) is 9.59 Å². The van der Waals surface area contributed by atoms with Crippen LogP contribution < -0.4 is 11.1 Å². The van der Waals surface area contributed by atoms with Gasteiger partial charge in [0.15, 0.2) is 0 Å². The Morgan fingerprint density at radius 3 is 2.61 bits per heavy atom. The Hall–Kier alpha value is -1.62. The van der Waals surface area contributed by atoms with E-state index in [-0.39, 0.29) is 11.1 Å². The van der Waals surface area contributed by atoms with E-state index in [4.69, 9.17) is 0 Å². The highest BCUT2D eigenvalue weighted by Crippen LogP contribution is 2.07. The molecule has 0 amide bonds. The second-order valence-electron chi connectivity index (χ2n) is 4.07. The highest BCUT2D eigenvalue weighted by Gasteiger charge is 2.02. The SMILES string of the molecule is Cc1cc(Br)cn(CCn2ccccc2=O)c1=O. The molecule has 2 rings (SSSR count). The molecular formula is C13H13BrN2O2. The van der Waals surface area contributed by atoms with Gasteiger partial charge in [0.25, 0.3) is 11.1 Å².